The molecule has 4 nitrogen and oxygen atoms in total. The molecule has 1 unspecified atom stereocenters. The van der Waals surface area contributed by atoms with Gasteiger partial charge in [-0.25, -0.2) is 4.79 Å². The number of amides is 1. The van der Waals surface area contributed by atoms with E-state index < -0.39 is 11.2 Å². The summed E-state index contributed by atoms with van der Waals surface area (Å²) in [5, 5.41) is 10.3. The van der Waals surface area contributed by atoms with Crippen LogP contribution < -0.4 is 0 Å². The van der Waals surface area contributed by atoms with Gasteiger partial charge in [0.05, 0.1) is 13.1 Å². The lowest BCUT2D eigenvalue weighted by molar-refractivity contribution is -0.137. The zero-order valence-electron chi connectivity index (χ0n) is 11.8. The molecule has 1 fully saturated rings. The van der Waals surface area contributed by atoms with Gasteiger partial charge in [-0.15, -0.1) is 0 Å². The number of carbonyl (C=O) groups excluding carboxylic acids is 1. The van der Waals surface area contributed by atoms with Crippen molar-refractivity contribution in [1.82, 2.24) is 4.90 Å². The molecule has 1 saturated heterocycles. The number of nitrogens with zero attached hydrogens (tertiary/aromatic N) is 1. The van der Waals surface area contributed by atoms with Crippen molar-refractivity contribution in [2.45, 2.75) is 52.7 Å². The summed E-state index contributed by atoms with van der Waals surface area (Å²) in [4.78, 5) is 13.3. The Morgan fingerprint density at radius 3 is 2.12 bits per heavy atom. The average Bonchev–Trinajstić information content (AvgIpc) is 2.08. The first-order valence-electron chi connectivity index (χ1n) is 6.25. The maximum absolute atomic E-state index is 11.7. The van der Waals surface area contributed by atoms with E-state index in [4.69, 9.17) is 4.74 Å². The number of ether oxygens (including phenoxy) is 1. The van der Waals surface area contributed by atoms with Crippen LogP contribution in [0.2, 0.25) is 0 Å². The van der Waals surface area contributed by atoms with Crippen LogP contribution in [0.25, 0.3) is 0 Å². The molecule has 0 radical (unpaired) electrons. The van der Waals surface area contributed by atoms with E-state index >= 15 is 0 Å². The highest BCUT2D eigenvalue weighted by Gasteiger charge is 2.49. The van der Waals surface area contributed by atoms with E-state index in [1.807, 2.05) is 27.7 Å². The van der Waals surface area contributed by atoms with Crippen LogP contribution in [0.5, 0.6) is 0 Å². The Balaban J connectivity index is 2.48. The molecule has 100 valence electrons. The third-order valence-corrected chi connectivity index (χ3v) is 3.43. The monoisotopic (exact) mass is 243 g/mol. The molecule has 0 saturated carbocycles. The number of rotatable bonds is 2. The molecule has 0 aromatic carbocycles. The minimum absolute atomic E-state index is 0.182. The lowest BCUT2D eigenvalue weighted by Gasteiger charge is -2.50. The predicted octanol–water partition coefficient (Wildman–Crippen LogP) is 2.26. The first kappa shape index (κ1) is 14.3. The number of hydrogen-bond acceptors (Lipinski definition) is 3. The van der Waals surface area contributed by atoms with Crippen molar-refractivity contribution >= 4 is 6.09 Å². The average molecular weight is 243 g/mol. The van der Waals surface area contributed by atoms with E-state index in [1.54, 1.807) is 4.90 Å². The molecule has 1 heterocycles. The Morgan fingerprint density at radius 1 is 1.29 bits per heavy atom. The molecular formula is C13H25NO3. The number of β-amino-alcohol motifs (C(OH)–C–C–N with tert-alkyl or cyclic N) is 1. The van der Waals surface area contributed by atoms with Gasteiger partial charge in [-0.05, 0) is 32.6 Å². The number of aliphatic hydroxyl groups is 1. The third-order valence-electron chi connectivity index (χ3n) is 3.43. The van der Waals surface area contributed by atoms with Crippen LogP contribution >= 0.6 is 0 Å². The van der Waals surface area contributed by atoms with Crippen LogP contribution in [0, 0.1) is 11.8 Å². The molecule has 17 heavy (non-hydrogen) atoms. The second kappa shape index (κ2) is 4.48. The van der Waals surface area contributed by atoms with Gasteiger partial charge in [0, 0.05) is 0 Å². The molecule has 1 aliphatic heterocycles. The number of carbonyl (C=O) groups is 1. The SMILES string of the molecule is CC(C)C(C)C1(O)CN(C(=O)OC(C)(C)C)C1. The molecule has 0 spiro atoms. The molecule has 0 bridgehead atoms. The molecule has 1 atom stereocenters. The summed E-state index contributed by atoms with van der Waals surface area (Å²) in [5.74, 6) is 0.585. The Morgan fingerprint density at radius 2 is 1.76 bits per heavy atom. The van der Waals surface area contributed by atoms with Gasteiger partial charge in [0.2, 0.25) is 0 Å². The second-order valence-electron chi connectivity index (χ2n) is 6.47. The smallest absolute Gasteiger partial charge is 0.410 e. The minimum atomic E-state index is -0.745. The largest absolute Gasteiger partial charge is 0.444 e. The Bertz CT molecular complexity index is 288. The van der Waals surface area contributed by atoms with E-state index in [2.05, 4.69) is 13.8 Å². The standard InChI is InChI=1S/C13H25NO3/c1-9(2)10(3)13(16)7-14(8-13)11(15)17-12(4,5)6/h9-10,16H,7-8H2,1-6H3. The van der Waals surface area contributed by atoms with Gasteiger partial charge in [-0.2, -0.15) is 0 Å². The molecule has 1 N–H and O–H groups in total. The number of hydrogen-bond donors (Lipinski definition) is 1. The van der Waals surface area contributed by atoms with Crippen molar-refractivity contribution in [3.8, 4) is 0 Å². The van der Waals surface area contributed by atoms with Crippen molar-refractivity contribution in [2.24, 2.45) is 11.8 Å². The maximum Gasteiger partial charge on any atom is 0.410 e. The van der Waals surface area contributed by atoms with Gasteiger partial charge < -0.3 is 14.7 Å². The fraction of sp³-hybridized carbons (Fsp3) is 0.923. The molecule has 0 aromatic heterocycles. The molecule has 0 aliphatic carbocycles. The Kier molecular flexibility index (Phi) is 3.77. The first-order chi connectivity index (χ1) is 7.55. The van der Waals surface area contributed by atoms with E-state index in [9.17, 15) is 9.90 Å². The van der Waals surface area contributed by atoms with Gasteiger partial charge in [0.1, 0.15) is 11.2 Å². The zero-order valence-corrected chi connectivity index (χ0v) is 11.8. The van der Waals surface area contributed by atoms with E-state index in [-0.39, 0.29) is 12.0 Å². The molecule has 0 aromatic rings. The van der Waals surface area contributed by atoms with Gasteiger partial charge in [-0.1, -0.05) is 20.8 Å². The lowest BCUT2D eigenvalue weighted by Crippen LogP contribution is -2.67. The fourth-order valence-corrected chi connectivity index (χ4v) is 1.98. The fourth-order valence-electron chi connectivity index (χ4n) is 1.98. The lowest BCUT2D eigenvalue weighted by atomic mass is 9.76. The quantitative estimate of drug-likeness (QED) is 0.809. The van der Waals surface area contributed by atoms with Gasteiger partial charge in [0.15, 0.2) is 0 Å². The van der Waals surface area contributed by atoms with Crippen molar-refractivity contribution in [2.75, 3.05) is 13.1 Å². The predicted molar refractivity (Wildman–Crippen MR) is 66.8 cm³/mol. The summed E-state index contributed by atoms with van der Waals surface area (Å²) in [6.45, 7) is 12.5. The summed E-state index contributed by atoms with van der Waals surface area (Å²) in [6, 6.07) is 0. The number of likely N-dealkylation sites (tertiary alicyclic amines) is 1. The molecule has 1 rings (SSSR count). The Labute approximate surface area is 104 Å². The summed E-state index contributed by atoms with van der Waals surface area (Å²) in [5.41, 5.74) is -1.22. The third kappa shape index (κ3) is 3.35. The molecule has 1 aliphatic rings. The molecule has 4 heteroatoms. The van der Waals surface area contributed by atoms with Crippen molar-refractivity contribution in [3.63, 3.8) is 0 Å². The van der Waals surface area contributed by atoms with E-state index in [1.165, 1.54) is 0 Å². The van der Waals surface area contributed by atoms with Crippen LogP contribution in [0.1, 0.15) is 41.5 Å². The van der Waals surface area contributed by atoms with Gasteiger partial charge in [0.25, 0.3) is 0 Å². The highest BCUT2D eigenvalue weighted by molar-refractivity contribution is 5.69. The Hall–Kier alpha value is -0.770. The van der Waals surface area contributed by atoms with Gasteiger partial charge >= 0.3 is 6.09 Å². The summed E-state index contributed by atoms with van der Waals surface area (Å²) in [7, 11) is 0. The second-order valence-corrected chi connectivity index (χ2v) is 6.47. The van der Waals surface area contributed by atoms with Crippen LogP contribution in [0.3, 0.4) is 0 Å². The highest BCUT2D eigenvalue weighted by Crippen LogP contribution is 2.34. The summed E-state index contributed by atoms with van der Waals surface area (Å²) >= 11 is 0. The summed E-state index contributed by atoms with van der Waals surface area (Å²) in [6.07, 6.45) is -0.335. The minimum Gasteiger partial charge on any atom is -0.444 e. The zero-order chi connectivity index (χ0) is 13.4. The highest BCUT2D eigenvalue weighted by atomic mass is 16.6. The van der Waals surface area contributed by atoms with Crippen LogP contribution in [-0.2, 0) is 4.74 Å². The molecular weight excluding hydrogens is 218 g/mol. The van der Waals surface area contributed by atoms with Crippen molar-refractivity contribution < 1.29 is 14.6 Å². The van der Waals surface area contributed by atoms with Crippen molar-refractivity contribution in [1.29, 1.82) is 0 Å². The maximum atomic E-state index is 11.7. The van der Waals surface area contributed by atoms with Crippen molar-refractivity contribution in [3.05, 3.63) is 0 Å². The first-order valence-corrected chi connectivity index (χ1v) is 6.25. The van der Waals surface area contributed by atoms with Crippen LogP contribution in [0.15, 0.2) is 0 Å². The van der Waals surface area contributed by atoms with E-state index in [0.717, 1.165) is 0 Å². The normalized spacial score (nSPS) is 21.1. The topological polar surface area (TPSA) is 49.8 Å². The summed E-state index contributed by atoms with van der Waals surface area (Å²) < 4.78 is 5.25. The van der Waals surface area contributed by atoms with Crippen LogP contribution in [-0.4, -0.2) is 40.4 Å². The van der Waals surface area contributed by atoms with Crippen LogP contribution in [0.4, 0.5) is 4.79 Å². The molecule has 1 amide bonds. The van der Waals surface area contributed by atoms with Gasteiger partial charge in [-0.3, -0.25) is 0 Å². The van der Waals surface area contributed by atoms with E-state index in [0.29, 0.717) is 19.0 Å².